The van der Waals surface area contributed by atoms with Gasteiger partial charge in [0.1, 0.15) is 11.3 Å². The summed E-state index contributed by atoms with van der Waals surface area (Å²) in [5, 5.41) is 0.431. The third kappa shape index (κ3) is 4.68. The maximum absolute atomic E-state index is 14.2. The van der Waals surface area contributed by atoms with E-state index in [2.05, 4.69) is 9.97 Å². The predicted octanol–water partition coefficient (Wildman–Crippen LogP) is 4.81. The molecule has 0 bridgehead atoms. The van der Waals surface area contributed by atoms with Crippen LogP contribution in [0.15, 0.2) is 55.1 Å². The lowest BCUT2D eigenvalue weighted by Gasteiger charge is -2.22. The molecule has 0 unspecified atom stereocenters. The van der Waals surface area contributed by atoms with Gasteiger partial charge in [0.05, 0.1) is 30.8 Å². The quantitative estimate of drug-likeness (QED) is 0.365. The molecule has 0 aliphatic heterocycles. The first-order valence-corrected chi connectivity index (χ1v) is 10.5. The number of aromatic nitrogens is 3. The highest BCUT2D eigenvalue weighted by atomic mass is 35.5. The fourth-order valence-corrected chi connectivity index (χ4v) is 4.34. The number of hydrogen-bond acceptors (Lipinski definition) is 6. The van der Waals surface area contributed by atoms with E-state index in [0.29, 0.717) is 46.4 Å². The van der Waals surface area contributed by atoms with Gasteiger partial charge in [-0.2, -0.15) is 0 Å². The maximum atomic E-state index is 14.2. The largest absolute Gasteiger partial charge is 0.493 e. The molecule has 0 spiro atoms. The van der Waals surface area contributed by atoms with E-state index in [1.807, 2.05) is 10.8 Å². The van der Waals surface area contributed by atoms with E-state index in [1.165, 1.54) is 31.6 Å². The van der Waals surface area contributed by atoms with E-state index < -0.39 is 5.82 Å². The first-order chi connectivity index (χ1) is 15.1. The lowest BCUT2D eigenvalue weighted by atomic mass is 10.1. The zero-order valence-corrected chi connectivity index (χ0v) is 19.2. The second-order valence-electron chi connectivity index (χ2n) is 6.73. The molecular formula is C22H22ClFN4O3S. The Hall–Kier alpha value is -3.17. The number of anilines is 1. The van der Waals surface area contributed by atoms with E-state index >= 15 is 0 Å². The zero-order chi connectivity index (χ0) is 21.8. The van der Waals surface area contributed by atoms with Gasteiger partial charge in [-0.05, 0) is 30.7 Å². The molecule has 7 nitrogen and oxygen atoms in total. The van der Waals surface area contributed by atoms with Crippen LogP contribution in [0.3, 0.4) is 0 Å². The fourth-order valence-electron chi connectivity index (χ4n) is 3.33. The highest BCUT2D eigenvalue weighted by molar-refractivity contribution is 7.22. The second kappa shape index (κ2) is 10.4. The van der Waals surface area contributed by atoms with Crippen molar-refractivity contribution in [3.05, 3.63) is 66.5 Å². The molecule has 10 heteroatoms. The Morgan fingerprint density at radius 1 is 1.19 bits per heavy atom. The van der Waals surface area contributed by atoms with Crippen molar-refractivity contribution < 1.29 is 18.7 Å². The summed E-state index contributed by atoms with van der Waals surface area (Å²) >= 11 is 1.28. The zero-order valence-electron chi connectivity index (χ0n) is 17.5. The number of amides is 1. The monoisotopic (exact) mass is 476 g/mol. The molecule has 0 N–H and O–H groups in total. The molecule has 168 valence electrons. The molecule has 32 heavy (non-hydrogen) atoms. The normalized spacial score (nSPS) is 10.6. The van der Waals surface area contributed by atoms with Gasteiger partial charge in [-0.15, -0.1) is 12.4 Å². The molecule has 4 aromatic rings. The maximum Gasteiger partial charge on any atom is 0.263 e. The molecule has 0 aliphatic carbocycles. The van der Waals surface area contributed by atoms with Crippen LogP contribution >= 0.6 is 23.7 Å². The van der Waals surface area contributed by atoms with E-state index in [1.54, 1.807) is 47.8 Å². The van der Waals surface area contributed by atoms with Crippen LogP contribution in [0.1, 0.15) is 16.8 Å². The van der Waals surface area contributed by atoms with Gasteiger partial charge in [0.25, 0.3) is 5.91 Å². The Morgan fingerprint density at radius 3 is 2.69 bits per heavy atom. The van der Waals surface area contributed by atoms with Crippen LogP contribution in [0.5, 0.6) is 11.5 Å². The first kappa shape index (κ1) is 23.5. The number of hydrogen-bond donors (Lipinski definition) is 0. The summed E-state index contributed by atoms with van der Waals surface area (Å²) in [5.74, 6) is 0.106. The Labute approximate surface area is 194 Å². The van der Waals surface area contributed by atoms with E-state index in [-0.39, 0.29) is 23.8 Å². The molecule has 2 heterocycles. The Balaban J connectivity index is 0.00000289. The van der Waals surface area contributed by atoms with Gasteiger partial charge in [0.2, 0.25) is 0 Å². The summed E-state index contributed by atoms with van der Waals surface area (Å²) < 4.78 is 27.6. The van der Waals surface area contributed by atoms with Gasteiger partial charge in [-0.25, -0.2) is 14.4 Å². The van der Waals surface area contributed by atoms with Crippen molar-refractivity contribution in [2.75, 3.05) is 25.7 Å². The number of fused-ring (bicyclic) bond motifs is 1. The lowest BCUT2D eigenvalue weighted by molar-refractivity contribution is 0.0982. The average Bonchev–Trinajstić information content (AvgIpc) is 3.46. The van der Waals surface area contributed by atoms with Gasteiger partial charge < -0.3 is 14.0 Å². The minimum absolute atomic E-state index is 0. The van der Waals surface area contributed by atoms with Crippen LogP contribution < -0.4 is 14.4 Å². The van der Waals surface area contributed by atoms with Gasteiger partial charge in [-0.3, -0.25) is 9.69 Å². The molecular weight excluding hydrogens is 455 g/mol. The van der Waals surface area contributed by atoms with Crippen LogP contribution in [0.4, 0.5) is 9.52 Å². The van der Waals surface area contributed by atoms with Crippen LogP contribution in [0, 0.1) is 5.82 Å². The third-order valence-electron chi connectivity index (χ3n) is 4.83. The summed E-state index contributed by atoms with van der Waals surface area (Å²) in [4.78, 5) is 23.6. The summed E-state index contributed by atoms with van der Waals surface area (Å²) in [6, 6.07) is 9.93. The average molecular weight is 477 g/mol. The fraction of sp³-hybridized carbons (Fsp3) is 0.227. The number of halogens is 2. The van der Waals surface area contributed by atoms with Gasteiger partial charge in [0.15, 0.2) is 16.6 Å². The smallest absolute Gasteiger partial charge is 0.263 e. The lowest BCUT2D eigenvalue weighted by Crippen LogP contribution is -2.32. The van der Waals surface area contributed by atoms with Crippen molar-refractivity contribution in [1.82, 2.24) is 14.5 Å². The number of para-hydroxylation sites is 2. The summed E-state index contributed by atoms with van der Waals surface area (Å²) in [7, 11) is 3.01. The second-order valence-corrected chi connectivity index (χ2v) is 7.74. The molecule has 2 aromatic carbocycles. The number of aryl methyl sites for hydroxylation is 1. The number of carbonyl (C=O) groups is 1. The number of imidazole rings is 1. The Kier molecular flexibility index (Phi) is 7.66. The number of rotatable bonds is 8. The van der Waals surface area contributed by atoms with Crippen LogP contribution in [-0.4, -0.2) is 41.2 Å². The molecule has 1 amide bonds. The predicted molar refractivity (Wildman–Crippen MR) is 125 cm³/mol. The molecule has 0 saturated carbocycles. The van der Waals surface area contributed by atoms with Crippen molar-refractivity contribution in [3.63, 3.8) is 0 Å². The van der Waals surface area contributed by atoms with Crippen LogP contribution in [0.25, 0.3) is 10.2 Å². The molecule has 0 aliphatic rings. The highest BCUT2D eigenvalue weighted by Gasteiger charge is 2.26. The topological polar surface area (TPSA) is 69.5 Å². The van der Waals surface area contributed by atoms with Crippen LogP contribution in [0.2, 0.25) is 0 Å². The van der Waals surface area contributed by atoms with Crippen molar-refractivity contribution in [2.24, 2.45) is 0 Å². The van der Waals surface area contributed by atoms with Crippen LogP contribution in [-0.2, 0) is 6.54 Å². The van der Waals surface area contributed by atoms with E-state index in [9.17, 15) is 9.18 Å². The first-order valence-electron chi connectivity index (χ1n) is 9.66. The molecule has 2 aromatic heterocycles. The Morgan fingerprint density at radius 2 is 2.00 bits per heavy atom. The molecule has 0 atom stereocenters. The summed E-state index contributed by atoms with van der Waals surface area (Å²) in [6.45, 7) is 1.07. The molecule has 4 rings (SSSR count). The number of ether oxygens (including phenoxy) is 2. The van der Waals surface area contributed by atoms with Crippen molar-refractivity contribution in [3.8, 4) is 11.5 Å². The van der Waals surface area contributed by atoms with Gasteiger partial charge >= 0.3 is 0 Å². The summed E-state index contributed by atoms with van der Waals surface area (Å²) in [5.41, 5.74) is 0.608. The SMILES string of the molecule is COc1cccc(C(=O)N(CCCn2ccnc2)c2nc3c(F)cccc3s2)c1OC.Cl. The molecule has 0 fully saturated rings. The minimum Gasteiger partial charge on any atom is -0.493 e. The number of methoxy groups -OCH3 is 2. The van der Waals surface area contributed by atoms with Gasteiger partial charge in [0, 0.05) is 25.5 Å². The van der Waals surface area contributed by atoms with Crippen molar-refractivity contribution >= 4 is 45.0 Å². The van der Waals surface area contributed by atoms with Crippen molar-refractivity contribution in [2.45, 2.75) is 13.0 Å². The number of carbonyl (C=O) groups excluding carboxylic acids is 1. The van der Waals surface area contributed by atoms with E-state index in [0.717, 1.165) is 0 Å². The number of thiazole rings is 1. The van der Waals surface area contributed by atoms with E-state index in [4.69, 9.17) is 9.47 Å². The number of benzene rings is 2. The van der Waals surface area contributed by atoms with Crippen molar-refractivity contribution in [1.29, 1.82) is 0 Å². The molecule has 0 saturated heterocycles. The minimum atomic E-state index is -0.412. The number of nitrogens with zero attached hydrogens (tertiary/aromatic N) is 4. The molecule has 0 radical (unpaired) electrons. The highest BCUT2D eigenvalue weighted by Crippen LogP contribution is 2.35. The van der Waals surface area contributed by atoms with Gasteiger partial charge in [-0.1, -0.05) is 23.5 Å². The third-order valence-corrected chi connectivity index (χ3v) is 5.87. The summed E-state index contributed by atoms with van der Waals surface area (Å²) in [6.07, 6.45) is 5.96. The standard InChI is InChI=1S/C22H21FN4O3S.ClH/c1-29-17-8-3-6-15(20(17)30-2)21(28)27(12-5-11-26-13-10-24-14-26)22-25-19-16(23)7-4-9-18(19)31-22;/h3-4,6-10,13-14H,5,11-12H2,1-2H3;1H. The Bertz CT molecular complexity index is 1200.